The van der Waals surface area contributed by atoms with Gasteiger partial charge in [0.2, 0.25) is 0 Å². The first-order valence-corrected chi connectivity index (χ1v) is 6.32. The molecule has 5 nitrogen and oxygen atoms in total. The predicted molar refractivity (Wildman–Crippen MR) is 67.2 cm³/mol. The highest BCUT2D eigenvalue weighted by molar-refractivity contribution is 5.85. The van der Waals surface area contributed by atoms with Crippen molar-refractivity contribution in [1.82, 2.24) is 5.32 Å². The third-order valence-electron chi connectivity index (χ3n) is 3.43. The molecule has 0 aromatic rings. The van der Waals surface area contributed by atoms with Gasteiger partial charge in [-0.2, -0.15) is 0 Å². The van der Waals surface area contributed by atoms with Crippen molar-refractivity contribution in [1.29, 1.82) is 0 Å². The summed E-state index contributed by atoms with van der Waals surface area (Å²) in [7, 11) is 0. The Labute approximate surface area is 108 Å². The first-order valence-electron chi connectivity index (χ1n) is 6.32. The maximum absolute atomic E-state index is 12.2. The average molecular weight is 257 g/mol. The van der Waals surface area contributed by atoms with Gasteiger partial charge in [-0.1, -0.05) is 20.8 Å². The topological polar surface area (TPSA) is 75.6 Å². The summed E-state index contributed by atoms with van der Waals surface area (Å²) in [5.74, 6) is -1.12. The van der Waals surface area contributed by atoms with E-state index in [-0.39, 0.29) is 17.7 Å². The van der Waals surface area contributed by atoms with Gasteiger partial charge in [0, 0.05) is 12.6 Å². The van der Waals surface area contributed by atoms with Gasteiger partial charge in [0.1, 0.15) is 5.60 Å². The van der Waals surface area contributed by atoms with Crippen LogP contribution in [0.4, 0.5) is 0 Å². The molecular weight excluding hydrogens is 234 g/mol. The lowest BCUT2D eigenvalue weighted by Crippen LogP contribution is -2.52. The van der Waals surface area contributed by atoms with Crippen molar-refractivity contribution in [2.24, 2.45) is 5.41 Å². The van der Waals surface area contributed by atoms with Crippen molar-refractivity contribution >= 4 is 11.9 Å². The molecular formula is C13H23NO4. The number of carbonyl (C=O) groups is 2. The summed E-state index contributed by atoms with van der Waals surface area (Å²) in [6.45, 7) is 8.09. The van der Waals surface area contributed by atoms with Crippen molar-refractivity contribution in [3.05, 3.63) is 0 Å². The van der Waals surface area contributed by atoms with E-state index in [1.165, 1.54) is 0 Å². The van der Waals surface area contributed by atoms with Crippen LogP contribution in [0.2, 0.25) is 0 Å². The molecule has 0 bridgehead atoms. The van der Waals surface area contributed by atoms with Crippen LogP contribution in [-0.4, -0.2) is 35.2 Å². The van der Waals surface area contributed by atoms with Crippen LogP contribution in [0, 0.1) is 5.41 Å². The number of rotatable bonds is 4. The number of carboxylic acids is 1. The lowest BCUT2D eigenvalue weighted by molar-refractivity contribution is -0.143. The van der Waals surface area contributed by atoms with Crippen LogP contribution in [0.15, 0.2) is 0 Å². The van der Waals surface area contributed by atoms with E-state index in [1.54, 1.807) is 6.92 Å². The second-order valence-corrected chi connectivity index (χ2v) is 6.17. The Morgan fingerprint density at radius 1 is 1.44 bits per heavy atom. The Kier molecular flexibility index (Phi) is 4.37. The highest BCUT2D eigenvalue weighted by atomic mass is 16.5. The van der Waals surface area contributed by atoms with Crippen LogP contribution in [0.1, 0.15) is 47.0 Å². The molecule has 0 aromatic heterocycles. The Morgan fingerprint density at radius 3 is 2.44 bits per heavy atom. The lowest BCUT2D eigenvalue weighted by Gasteiger charge is -2.33. The molecule has 0 radical (unpaired) electrons. The Balaban J connectivity index is 2.71. The van der Waals surface area contributed by atoms with Crippen LogP contribution in [-0.2, 0) is 14.3 Å². The molecule has 1 fully saturated rings. The van der Waals surface area contributed by atoms with Crippen molar-refractivity contribution in [2.75, 3.05) is 6.61 Å². The third kappa shape index (κ3) is 3.70. The summed E-state index contributed by atoms with van der Waals surface area (Å²) in [6.07, 6.45) is 1.47. The highest BCUT2D eigenvalue weighted by Gasteiger charge is 2.40. The Hall–Kier alpha value is -1.10. The average Bonchev–Trinajstić information content (AvgIpc) is 2.63. The van der Waals surface area contributed by atoms with E-state index in [2.05, 4.69) is 5.32 Å². The molecule has 1 amide bonds. The minimum Gasteiger partial charge on any atom is -0.481 e. The summed E-state index contributed by atoms with van der Waals surface area (Å²) in [4.78, 5) is 23.0. The zero-order chi connectivity index (χ0) is 14.0. The molecule has 1 aliphatic heterocycles. The molecule has 1 rings (SSSR count). The van der Waals surface area contributed by atoms with Crippen molar-refractivity contribution in [2.45, 2.75) is 58.6 Å². The molecule has 104 valence electrons. The van der Waals surface area contributed by atoms with Gasteiger partial charge in [0.05, 0.1) is 6.42 Å². The van der Waals surface area contributed by atoms with Crippen LogP contribution in [0.3, 0.4) is 0 Å². The molecule has 0 aromatic carbocycles. The largest absolute Gasteiger partial charge is 0.481 e. The fourth-order valence-electron chi connectivity index (χ4n) is 2.02. The number of ether oxygens (including phenoxy) is 1. The Morgan fingerprint density at radius 2 is 2.06 bits per heavy atom. The normalized spacial score (nSPS) is 25.8. The minimum absolute atomic E-state index is 0.0781. The fraction of sp³-hybridized carbons (Fsp3) is 0.846. The number of hydrogen-bond donors (Lipinski definition) is 2. The maximum Gasteiger partial charge on any atom is 0.305 e. The van der Waals surface area contributed by atoms with E-state index in [9.17, 15) is 9.59 Å². The number of hydrogen-bond acceptors (Lipinski definition) is 3. The molecule has 2 N–H and O–H groups in total. The SMILES string of the molecule is CC1(C(=O)NC(CC(=O)O)C(C)(C)C)CCCO1. The van der Waals surface area contributed by atoms with Crippen LogP contribution in [0.25, 0.3) is 0 Å². The van der Waals surface area contributed by atoms with Gasteiger partial charge in [0.15, 0.2) is 0 Å². The van der Waals surface area contributed by atoms with E-state index < -0.39 is 17.6 Å². The number of aliphatic carboxylic acids is 1. The molecule has 0 aliphatic carbocycles. The quantitative estimate of drug-likeness (QED) is 0.801. The molecule has 18 heavy (non-hydrogen) atoms. The first kappa shape index (κ1) is 15.0. The van der Waals surface area contributed by atoms with Gasteiger partial charge in [-0.05, 0) is 25.2 Å². The maximum atomic E-state index is 12.2. The Bertz CT molecular complexity index is 326. The van der Waals surface area contributed by atoms with E-state index in [0.717, 1.165) is 6.42 Å². The monoisotopic (exact) mass is 257 g/mol. The summed E-state index contributed by atoms with van der Waals surface area (Å²) in [6, 6.07) is -0.400. The molecule has 2 unspecified atom stereocenters. The van der Waals surface area contributed by atoms with Gasteiger partial charge in [0.25, 0.3) is 5.91 Å². The molecule has 0 spiro atoms. The van der Waals surface area contributed by atoms with Gasteiger partial charge in [-0.25, -0.2) is 0 Å². The summed E-state index contributed by atoms with van der Waals surface area (Å²) < 4.78 is 5.46. The predicted octanol–water partition coefficient (Wildman–Crippen LogP) is 1.56. The molecule has 5 heteroatoms. The third-order valence-corrected chi connectivity index (χ3v) is 3.43. The lowest BCUT2D eigenvalue weighted by atomic mass is 9.84. The zero-order valence-electron chi connectivity index (χ0n) is 11.6. The van der Waals surface area contributed by atoms with E-state index in [0.29, 0.717) is 13.0 Å². The summed E-state index contributed by atoms with van der Waals surface area (Å²) in [5, 5.41) is 11.7. The zero-order valence-corrected chi connectivity index (χ0v) is 11.6. The second kappa shape index (κ2) is 5.26. The molecule has 1 aliphatic rings. The number of nitrogens with one attached hydrogen (secondary N) is 1. The standard InChI is InChI=1S/C13H23NO4/c1-12(2,3)9(8-10(15)16)14-11(17)13(4)6-5-7-18-13/h9H,5-8H2,1-4H3,(H,14,17)(H,15,16). The van der Waals surface area contributed by atoms with E-state index in [4.69, 9.17) is 9.84 Å². The minimum atomic E-state index is -0.910. The van der Waals surface area contributed by atoms with Gasteiger partial charge < -0.3 is 15.2 Å². The van der Waals surface area contributed by atoms with Crippen molar-refractivity contribution < 1.29 is 19.4 Å². The smallest absolute Gasteiger partial charge is 0.305 e. The van der Waals surface area contributed by atoms with Gasteiger partial charge >= 0.3 is 5.97 Å². The first-order chi connectivity index (χ1) is 8.15. The second-order valence-electron chi connectivity index (χ2n) is 6.17. The number of amides is 1. The fourth-order valence-corrected chi connectivity index (χ4v) is 2.02. The van der Waals surface area contributed by atoms with Crippen molar-refractivity contribution in [3.63, 3.8) is 0 Å². The van der Waals surface area contributed by atoms with Crippen LogP contribution in [0.5, 0.6) is 0 Å². The summed E-state index contributed by atoms with van der Waals surface area (Å²) in [5.41, 5.74) is -1.11. The van der Waals surface area contributed by atoms with Gasteiger partial charge in [-0.3, -0.25) is 9.59 Å². The molecule has 1 saturated heterocycles. The molecule has 0 saturated carbocycles. The van der Waals surface area contributed by atoms with Crippen molar-refractivity contribution in [3.8, 4) is 0 Å². The molecule has 2 atom stereocenters. The van der Waals surface area contributed by atoms with Crippen LogP contribution >= 0.6 is 0 Å². The number of carboxylic acid groups (broad SMARTS) is 1. The van der Waals surface area contributed by atoms with Crippen LogP contribution < -0.4 is 5.32 Å². The van der Waals surface area contributed by atoms with Gasteiger partial charge in [-0.15, -0.1) is 0 Å². The number of carbonyl (C=O) groups excluding carboxylic acids is 1. The highest BCUT2D eigenvalue weighted by Crippen LogP contribution is 2.27. The molecule has 1 heterocycles. The summed E-state index contributed by atoms with van der Waals surface area (Å²) >= 11 is 0. The van der Waals surface area contributed by atoms with E-state index >= 15 is 0 Å². The van der Waals surface area contributed by atoms with E-state index in [1.807, 2.05) is 20.8 Å².